The van der Waals surface area contributed by atoms with Gasteiger partial charge in [-0.2, -0.15) is 0 Å². The van der Waals surface area contributed by atoms with E-state index in [1.165, 1.54) is 32.7 Å². The van der Waals surface area contributed by atoms with E-state index in [9.17, 15) is 4.79 Å². The largest absolute Gasteiger partial charge is 0.496 e. The Labute approximate surface area is 143 Å². The lowest BCUT2D eigenvalue weighted by atomic mass is 10.1. The third-order valence-corrected chi connectivity index (χ3v) is 6.07. The van der Waals surface area contributed by atoms with E-state index in [0.717, 1.165) is 8.26 Å². The normalized spacial score (nSPS) is 10.3. The average Bonchev–Trinajstić information content (AvgIpc) is 2.84. The first kappa shape index (κ1) is 16.3. The summed E-state index contributed by atoms with van der Waals surface area (Å²) in [6.45, 7) is 0. The quantitative estimate of drug-likeness (QED) is 0.647. The molecule has 0 aliphatic heterocycles. The van der Waals surface area contributed by atoms with Crippen LogP contribution in [0.3, 0.4) is 0 Å². The number of ether oxygens (including phenoxy) is 3. The van der Waals surface area contributed by atoms with Crippen LogP contribution in [0.2, 0.25) is 0 Å². The van der Waals surface area contributed by atoms with Crippen LogP contribution in [0, 0.1) is 0 Å². The predicted molar refractivity (Wildman–Crippen MR) is 89.2 cm³/mol. The van der Waals surface area contributed by atoms with Crippen LogP contribution in [-0.2, 0) is 0 Å². The molecule has 0 atom stereocenters. The number of rotatable bonds is 5. The third kappa shape index (κ3) is 3.25. The minimum absolute atomic E-state index is 0.135. The zero-order valence-corrected chi connectivity index (χ0v) is 15.5. The van der Waals surface area contributed by atoms with Gasteiger partial charge in [-0.1, -0.05) is 0 Å². The molecule has 0 radical (unpaired) electrons. The highest BCUT2D eigenvalue weighted by molar-refractivity contribution is 9.13. The second-order valence-corrected chi connectivity index (χ2v) is 7.19. The number of hydrogen-bond donors (Lipinski definition) is 0. The van der Waals surface area contributed by atoms with Crippen molar-refractivity contribution in [1.82, 2.24) is 0 Å². The first-order chi connectivity index (χ1) is 10.0. The predicted octanol–water partition coefficient (Wildman–Crippen LogP) is 4.53. The maximum atomic E-state index is 12.7. The number of benzene rings is 1. The summed E-state index contributed by atoms with van der Waals surface area (Å²) in [6.07, 6.45) is 0. The zero-order valence-electron chi connectivity index (χ0n) is 11.5. The molecule has 21 heavy (non-hydrogen) atoms. The summed E-state index contributed by atoms with van der Waals surface area (Å²) in [5.74, 6) is 1.30. The molecule has 2 aromatic rings. The van der Waals surface area contributed by atoms with Crippen LogP contribution in [0.15, 0.2) is 26.5 Å². The fourth-order valence-corrected chi connectivity index (χ4v) is 3.79. The van der Waals surface area contributed by atoms with Crippen LogP contribution < -0.4 is 14.2 Å². The van der Waals surface area contributed by atoms with Gasteiger partial charge in [-0.25, -0.2) is 0 Å². The van der Waals surface area contributed by atoms with Gasteiger partial charge in [0.05, 0.1) is 35.6 Å². The molecular formula is C14H12Br2O4S. The number of halogens is 2. The van der Waals surface area contributed by atoms with Gasteiger partial charge in [-0.05, 0) is 44.0 Å². The van der Waals surface area contributed by atoms with Crippen molar-refractivity contribution >= 4 is 49.0 Å². The Bertz CT molecular complexity index is 662. The van der Waals surface area contributed by atoms with Crippen molar-refractivity contribution in [1.29, 1.82) is 0 Å². The molecule has 0 spiro atoms. The van der Waals surface area contributed by atoms with Gasteiger partial charge in [0, 0.05) is 10.5 Å². The molecule has 1 aromatic carbocycles. The van der Waals surface area contributed by atoms with Crippen molar-refractivity contribution in [3.8, 4) is 17.2 Å². The van der Waals surface area contributed by atoms with Crippen molar-refractivity contribution in [2.24, 2.45) is 0 Å². The van der Waals surface area contributed by atoms with Gasteiger partial charge in [-0.15, -0.1) is 11.3 Å². The molecule has 0 N–H and O–H groups in total. The van der Waals surface area contributed by atoms with E-state index in [1.54, 1.807) is 18.2 Å². The standard InChI is InChI=1S/C14H12Br2O4S/c1-18-9-6-11(20-3)10(19-2)4-7(9)13(17)12-5-8(15)14(16)21-12/h4-6H,1-3H3. The van der Waals surface area contributed by atoms with Gasteiger partial charge in [-0.3, -0.25) is 4.79 Å². The monoisotopic (exact) mass is 434 g/mol. The second kappa shape index (κ2) is 6.81. The molecule has 112 valence electrons. The van der Waals surface area contributed by atoms with E-state index < -0.39 is 0 Å². The molecule has 0 saturated heterocycles. The lowest BCUT2D eigenvalue weighted by Crippen LogP contribution is -2.04. The molecule has 0 aliphatic rings. The van der Waals surface area contributed by atoms with Crippen molar-refractivity contribution in [3.63, 3.8) is 0 Å². The van der Waals surface area contributed by atoms with Gasteiger partial charge >= 0.3 is 0 Å². The van der Waals surface area contributed by atoms with E-state index in [1.807, 2.05) is 0 Å². The smallest absolute Gasteiger partial charge is 0.206 e. The molecule has 0 saturated carbocycles. The fraction of sp³-hybridized carbons (Fsp3) is 0.214. The van der Waals surface area contributed by atoms with E-state index in [0.29, 0.717) is 27.7 Å². The zero-order chi connectivity index (χ0) is 15.6. The Balaban J connectivity index is 2.53. The summed E-state index contributed by atoms with van der Waals surface area (Å²) in [5, 5.41) is 0. The Morgan fingerprint density at radius 1 is 0.952 bits per heavy atom. The summed E-state index contributed by atoms with van der Waals surface area (Å²) in [5.41, 5.74) is 0.427. The van der Waals surface area contributed by atoms with Crippen LogP contribution in [-0.4, -0.2) is 27.1 Å². The number of ketones is 1. The highest BCUT2D eigenvalue weighted by atomic mass is 79.9. The molecule has 4 nitrogen and oxygen atoms in total. The van der Waals surface area contributed by atoms with Crippen molar-refractivity contribution in [3.05, 3.63) is 36.9 Å². The summed E-state index contributed by atoms with van der Waals surface area (Å²) >= 11 is 8.12. The van der Waals surface area contributed by atoms with E-state index in [2.05, 4.69) is 31.9 Å². The van der Waals surface area contributed by atoms with Crippen LogP contribution in [0.1, 0.15) is 15.2 Å². The Morgan fingerprint density at radius 3 is 2.00 bits per heavy atom. The summed E-state index contributed by atoms with van der Waals surface area (Å²) in [4.78, 5) is 13.2. The molecule has 0 amide bonds. The molecule has 0 unspecified atom stereocenters. The third-order valence-electron chi connectivity index (χ3n) is 2.82. The first-order valence-electron chi connectivity index (χ1n) is 5.81. The Hall–Kier alpha value is -1.05. The lowest BCUT2D eigenvalue weighted by Gasteiger charge is -2.12. The highest BCUT2D eigenvalue weighted by Crippen LogP contribution is 2.38. The number of thiophene rings is 1. The molecule has 0 bridgehead atoms. The van der Waals surface area contributed by atoms with Gasteiger partial charge < -0.3 is 14.2 Å². The topological polar surface area (TPSA) is 44.8 Å². The summed E-state index contributed by atoms with van der Waals surface area (Å²) < 4.78 is 17.5. The lowest BCUT2D eigenvalue weighted by molar-refractivity contribution is 0.103. The van der Waals surface area contributed by atoms with Crippen molar-refractivity contribution in [2.45, 2.75) is 0 Å². The SMILES string of the molecule is COc1cc(OC)c(C(=O)c2cc(Br)c(Br)s2)cc1OC. The molecule has 0 fully saturated rings. The van der Waals surface area contributed by atoms with Crippen molar-refractivity contribution in [2.75, 3.05) is 21.3 Å². The van der Waals surface area contributed by atoms with Gasteiger partial charge in [0.25, 0.3) is 0 Å². The Morgan fingerprint density at radius 2 is 1.52 bits per heavy atom. The van der Waals surface area contributed by atoms with E-state index in [4.69, 9.17) is 14.2 Å². The maximum Gasteiger partial charge on any atom is 0.206 e. The van der Waals surface area contributed by atoms with Gasteiger partial charge in [0.2, 0.25) is 5.78 Å². The summed E-state index contributed by atoms with van der Waals surface area (Å²) in [7, 11) is 4.57. The number of hydrogen-bond acceptors (Lipinski definition) is 5. The molecule has 7 heteroatoms. The van der Waals surface area contributed by atoms with E-state index in [-0.39, 0.29) is 5.78 Å². The molecule has 0 aliphatic carbocycles. The van der Waals surface area contributed by atoms with Crippen molar-refractivity contribution < 1.29 is 19.0 Å². The van der Waals surface area contributed by atoms with Gasteiger partial charge in [0.1, 0.15) is 5.75 Å². The minimum Gasteiger partial charge on any atom is -0.496 e. The first-order valence-corrected chi connectivity index (χ1v) is 8.21. The maximum absolute atomic E-state index is 12.7. The molecular weight excluding hydrogens is 424 g/mol. The second-order valence-electron chi connectivity index (χ2n) is 3.97. The number of carbonyl (C=O) groups is 1. The van der Waals surface area contributed by atoms with Crippen LogP contribution >= 0.6 is 43.2 Å². The fourth-order valence-electron chi connectivity index (χ4n) is 1.80. The minimum atomic E-state index is -0.135. The molecule has 2 rings (SSSR count). The number of methoxy groups -OCH3 is 3. The molecule has 1 aromatic heterocycles. The van der Waals surface area contributed by atoms with Crippen LogP contribution in [0.4, 0.5) is 0 Å². The molecule has 1 heterocycles. The van der Waals surface area contributed by atoms with Crippen LogP contribution in [0.25, 0.3) is 0 Å². The summed E-state index contributed by atoms with van der Waals surface area (Å²) in [6, 6.07) is 5.04. The highest BCUT2D eigenvalue weighted by Gasteiger charge is 2.21. The average molecular weight is 436 g/mol. The Kier molecular flexibility index (Phi) is 5.29. The van der Waals surface area contributed by atoms with E-state index >= 15 is 0 Å². The number of carbonyl (C=O) groups excluding carboxylic acids is 1. The van der Waals surface area contributed by atoms with Crippen LogP contribution in [0.5, 0.6) is 17.2 Å². The van der Waals surface area contributed by atoms with Gasteiger partial charge in [0.15, 0.2) is 11.5 Å².